The molecule has 5 rings (SSSR count). The van der Waals surface area contributed by atoms with E-state index in [0.717, 1.165) is 36.4 Å². The summed E-state index contributed by atoms with van der Waals surface area (Å²) >= 11 is 0. The first-order valence-electron chi connectivity index (χ1n) is 12.5. The van der Waals surface area contributed by atoms with E-state index in [-0.39, 0.29) is 12.1 Å². The monoisotopic (exact) mass is 460 g/mol. The summed E-state index contributed by atoms with van der Waals surface area (Å²) in [6.45, 7) is 5.72. The summed E-state index contributed by atoms with van der Waals surface area (Å²) in [4.78, 5) is 19.4. The molecule has 2 aliphatic rings. The van der Waals surface area contributed by atoms with Crippen LogP contribution in [-0.4, -0.2) is 39.2 Å². The highest BCUT2D eigenvalue weighted by Crippen LogP contribution is 2.34. The van der Waals surface area contributed by atoms with Gasteiger partial charge in [-0.15, -0.1) is 0 Å². The third kappa shape index (κ3) is 4.38. The molecule has 0 bridgehead atoms. The van der Waals surface area contributed by atoms with Gasteiger partial charge in [-0.25, -0.2) is 9.78 Å². The van der Waals surface area contributed by atoms with Gasteiger partial charge in [-0.2, -0.15) is 0 Å². The second kappa shape index (κ2) is 8.64. The number of benzene rings is 1. The van der Waals surface area contributed by atoms with E-state index >= 15 is 0 Å². The van der Waals surface area contributed by atoms with Crippen molar-refractivity contribution in [2.45, 2.75) is 77.4 Å². The molecule has 2 heterocycles. The lowest BCUT2D eigenvalue weighted by Crippen LogP contribution is -2.43. The van der Waals surface area contributed by atoms with Gasteiger partial charge in [0.2, 0.25) is 0 Å². The number of anilines is 2. The number of fused-ring (bicyclic) bond motifs is 4. The average Bonchev–Trinajstić information content (AvgIpc) is 3.08. The fraction of sp³-hybridized carbons (Fsp3) is 0.500. The minimum Gasteiger partial charge on any atom is -0.444 e. The van der Waals surface area contributed by atoms with E-state index in [4.69, 9.17) is 9.72 Å². The van der Waals surface area contributed by atoms with Gasteiger partial charge in [-0.05, 0) is 107 Å². The van der Waals surface area contributed by atoms with Gasteiger partial charge in [0, 0.05) is 36.9 Å². The lowest BCUT2D eigenvalue weighted by molar-refractivity contribution is 0.0210. The van der Waals surface area contributed by atoms with Crippen LogP contribution >= 0.6 is 0 Å². The molecule has 0 saturated carbocycles. The van der Waals surface area contributed by atoms with Crippen LogP contribution in [0.25, 0.3) is 11.0 Å². The highest BCUT2D eigenvalue weighted by Gasteiger charge is 2.31. The zero-order chi connectivity index (χ0) is 24.0. The maximum Gasteiger partial charge on any atom is 0.410 e. The van der Waals surface area contributed by atoms with Gasteiger partial charge < -0.3 is 19.5 Å². The van der Waals surface area contributed by atoms with E-state index < -0.39 is 5.60 Å². The number of aromatic nitrogens is 2. The number of ether oxygens (including phenoxy) is 1. The van der Waals surface area contributed by atoms with Gasteiger partial charge in [-0.3, -0.25) is 0 Å². The average molecular weight is 461 g/mol. The summed E-state index contributed by atoms with van der Waals surface area (Å²) < 4.78 is 7.83. The molecule has 1 atom stereocenters. The molecule has 0 radical (unpaired) electrons. The smallest absolute Gasteiger partial charge is 0.410 e. The Balaban J connectivity index is 1.38. The van der Waals surface area contributed by atoms with Gasteiger partial charge in [0.05, 0.1) is 0 Å². The van der Waals surface area contributed by atoms with Crippen LogP contribution in [0.2, 0.25) is 0 Å². The number of nitrogens with zero attached hydrogens (tertiary/aromatic N) is 3. The molecular formula is C28H36N4O2. The number of hydrogen-bond donors (Lipinski definition) is 1. The van der Waals surface area contributed by atoms with Crippen LogP contribution < -0.4 is 5.32 Å². The molecule has 1 amide bonds. The summed E-state index contributed by atoms with van der Waals surface area (Å²) in [6.07, 6.45) is 7.35. The van der Waals surface area contributed by atoms with E-state index in [1.165, 1.54) is 53.5 Å². The number of pyridine rings is 1. The zero-order valence-corrected chi connectivity index (χ0v) is 21.1. The molecular weight excluding hydrogens is 424 g/mol. The molecule has 34 heavy (non-hydrogen) atoms. The molecule has 180 valence electrons. The summed E-state index contributed by atoms with van der Waals surface area (Å²) in [7, 11) is 3.96. The van der Waals surface area contributed by atoms with E-state index in [2.05, 4.69) is 47.3 Å². The highest BCUT2D eigenvalue weighted by atomic mass is 16.6. The third-order valence-corrected chi connectivity index (χ3v) is 7.28. The van der Waals surface area contributed by atoms with Crippen LogP contribution in [0.15, 0.2) is 30.3 Å². The first-order valence-corrected chi connectivity index (χ1v) is 12.5. The summed E-state index contributed by atoms with van der Waals surface area (Å²) in [5.74, 6) is 0.864. The van der Waals surface area contributed by atoms with Gasteiger partial charge in [0.15, 0.2) is 0 Å². The van der Waals surface area contributed by atoms with Crippen molar-refractivity contribution >= 4 is 28.6 Å². The largest absolute Gasteiger partial charge is 0.444 e. The predicted molar refractivity (Wildman–Crippen MR) is 137 cm³/mol. The Labute approximate surface area is 202 Å². The Hall–Kier alpha value is -3.02. The molecule has 1 aromatic carbocycles. The zero-order valence-electron chi connectivity index (χ0n) is 21.1. The number of amides is 1. The Morgan fingerprint density at radius 1 is 1.12 bits per heavy atom. The van der Waals surface area contributed by atoms with E-state index in [1.807, 2.05) is 27.8 Å². The van der Waals surface area contributed by atoms with Crippen molar-refractivity contribution < 1.29 is 9.53 Å². The predicted octanol–water partition coefficient (Wildman–Crippen LogP) is 5.92. The SMILES string of the molecule is CN(C(=O)OC(C)(C)C)C1CCc2c(c3ccc(Nc4ccc5c(c4)CCCC5)nc3n2C)C1. The fourth-order valence-electron chi connectivity index (χ4n) is 5.45. The molecule has 0 spiro atoms. The normalized spacial score (nSPS) is 17.7. The molecule has 2 aliphatic carbocycles. The van der Waals surface area contributed by atoms with Crippen LogP contribution in [0.1, 0.15) is 62.4 Å². The van der Waals surface area contributed by atoms with Crippen LogP contribution in [0.4, 0.5) is 16.3 Å². The first-order chi connectivity index (χ1) is 16.2. The summed E-state index contributed by atoms with van der Waals surface area (Å²) in [5, 5.41) is 4.70. The number of carbonyl (C=O) groups excluding carboxylic acids is 1. The Morgan fingerprint density at radius 3 is 2.65 bits per heavy atom. The van der Waals surface area contributed by atoms with Crippen molar-refractivity contribution in [2.24, 2.45) is 7.05 Å². The minimum absolute atomic E-state index is 0.126. The summed E-state index contributed by atoms with van der Waals surface area (Å²) in [6, 6.07) is 11.1. The van der Waals surface area contributed by atoms with Gasteiger partial charge in [0.25, 0.3) is 0 Å². The number of rotatable bonds is 3. The third-order valence-electron chi connectivity index (χ3n) is 7.28. The Morgan fingerprint density at radius 2 is 1.88 bits per heavy atom. The van der Waals surface area contributed by atoms with E-state index in [9.17, 15) is 4.79 Å². The Bertz CT molecular complexity index is 1240. The number of nitrogens with one attached hydrogen (secondary N) is 1. The molecule has 1 unspecified atom stereocenters. The molecule has 3 aromatic rings. The van der Waals surface area contributed by atoms with E-state index in [0.29, 0.717) is 0 Å². The number of carbonyl (C=O) groups is 1. The quantitative estimate of drug-likeness (QED) is 0.527. The van der Waals surface area contributed by atoms with Crippen LogP contribution in [0.5, 0.6) is 0 Å². The van der Waals surface area contributed by atoms with Crippen LogP contribution in [-0.2, 0) is 37.5 Å². The van der Waals surface area contributed by atoms with E-state index in [1.54, 1.807) is 4.90 Å². The molecule has 6 heteroatoms. The topological polar surface area (TPSA) is 59.4 Å². The lowest BCUT2D eigenvalue weighted by Gasteiger charge is -2.33. The molecule has 6 nitrogen and oxygen atoms in total. The standard InChI is InChI=1S/C28H36N4O2/c1-28(2,3)34-27(33)31(4)21-12-14-24-23(17-21)22-13-15-25(30-26(22)32(24)5)29-20-11-10-18-8-6-7-9-19(18)16-20/h10-11,13,15-16,21H,6-9,12,14,17H2,1-5H3,(H,29,30). The maximum atomic E-state index is 12.6. The molecule has 1 N–H and O–H groups in total. The Kier molecular flexibility index (Phi) is 5.78. The van der Waals surface area contributed by atoms with Gasteiger partial charge in [0.1, 0.15) is 17.1 Å². The summed E-state index contributed by atoms with van der Waals surface area (Å²) in [5.41, 5.74) is 7.18. The molecule has 0 aliphatic heterocycles. The first kappa shape index (κ1) is 22.8. The van der Waals surface area contributed by atoms with Crippen molar-refractivity contribution in [2.75, 3.05) is 12.4 Å². The van der Waals surface area contributed by atoms with Gasteiger partial charge in [-0.1, -0.05) is 6.07 Å². The second-order valence-corrected chi connectivity index (χ2v) is 10.9. The minimum atomic E-state index is -0.490. The number of hydrogen-bond acceptors (Lipinski definition) is 4. The second-order valence-electron chi connectivity index (χ2n) is 10.9. The van der Waals surface area contributed by atoms with Gasteiger partial charge >= 0.3 is 6.09 Å². The maximum absolute atomic E-state index is 12.6. The van der Waals surface area contributed by atoms with Crippen molar-refractivity contribution in [3.63, 3.8) is 0 Å². The number of aryl methyl sites for hydroxylation is 3. The molecule has 2 aromatic heterocycles. The van der Waals surface area contributed by atoms with Crippen molar-refractivity contribution in [1.29, 1.82) is 0 Å². The van der Waals surface area contributed by atoms with Crippen molar-refractivity contribution in [3.8, 4) is 0 Å². The number of likely N-dealkylation sites (N-methyl/N-ethyl adjacent to an activating group) is 1. The van der Waals surface area contributed by atoms with Crippen molar-refractivity contribution in [3.05, 3.63) is 52.7 Å². The van der Waals surface area contributed by atoms with Crippen molar-refractivity contribution in [1.82, 2.24) is 14.5 Å². The highest BCUT2D eigenvalue weighted by molar-refractivity contribution is 5.85. The van der Waals surface area contributed by atoms with Crippen LogP contribution in [0, 0.1) is 0 Å². The molecule has 0 fully saturated rings. The fourth-order valence-corrected chi connectivity index (χ4v) is 5.45. The van der Waals surface area contributed by atoms with Crippen LogP contribution in [0.3, 0.4) is 0 Å². The lowest BCUT2D eigenvalue weighted by atomic mass is 9.91. The molecule has 0 saturated heterocycles.